The molecule has 0 amide bonds. The summed E-state index contributed by atoms with van der Waals surface area (Å²) in [5.74, 6) is 1.72. The van der Waals surface area contributed by atoms with Gasteiger partial charge in [0.25, 0.3) is 0 Å². The maximum absolute atomic E-state index is 3.46. The summed E-state index contributed by atoms with van der Waals surface area (Å²) in [6.07, 6.45) is 0. The van der Waals surface area contributed by atoms with Crippen LogP contribution < -0.4 is 5.32 Å². The highest BCUT2D eigenvalue weighted by atomic mass is 15.1. The molecule has 1 fully saturated rings. The lowest BCUT2D eigenvalue weighted by Gasteiger charge is -2.29. The number of hydrogen-bond donors (Lipinski definition) is 1. The van der Waals surface area contributed by atoms with Crippen molar-refractivity contribution in [3.8, 4) is 0 Å². The van der Waals surface area contributed by atoms with Crippen molar-refractivity contribution in [3.63, 3.8) is 0 Å². The fourth-order valence-corrected chi connectivity index (χ4v) is 2.12. The lowest BCUT2D eigenvalue weighted by Crippen LogP contribution is -2.37. The van der Waals surface area contributed by atoms with E-state index in [-0.39, 0.29) is 0 Å². The van der Waals surface area contributed by atoms with Gasteiger partial charge in [0, 0.05) is 12.6 Å². The summed E-state index contributed by atoms with van der Waals surface area (Å²) >= 11 is 0. The molecular formula is C11H24N2. The molecular weight excluding hydrogens is 160 g/mol. The van der Waals surface area contributed by atoms with Crippen molar-refractivity contribution in [3.05, 3.63) is 0 Å². The molecule has 0 aromatic heterocycles. The molecule has 13 heavy (non-hydrogen) atoms. The highest BCUT2D eigenvalue weighted by Gasteiger charge is 2.25. The third kappa shape index (κ3) is 2.96. The van der Waals surface area contributed by atoms with E-state index < -0.39 is 0 Å². The number of hydrogen-bond acceptors (Lipinski definition) is 2. The molecule has 2 nitrogen and oxygen atoms in total. The molecule has 0 spiro atoms. The minimum atomic E-state index is 0.692. The van der Waals surface area contributed by atoms with Crippen LogP contribution in [0.15, 0.2) is 0 Å². The van der Waals surface area contributed by atoms with Crippen molar-refractivity contribution in [2.45, 2.75) is 33.7 Å². The lowest BCUT2D eigenvalue weighted by atomic mass is 9.97. The minimum absolute atomic E-state index is 0.692. The van der Waals surface area contributed by atoms with Gasteiger partial charge in [-0.05, 0) is 45.3 Å². The summed E-state index contributed by atoms with van der Waals surface area (Å²) in [5.41, 5.74) is 0. The van der Waals surface area contributed by atoms with Gasteiger partial charge in [0.2, 0.25) is 0 Å². The summed E-state index contributed by atoms with van der Waals surface area (Å²) in [5, 5.41) is 3.46. The Morgan fingerprint density at radius 1 is 1.38 bits per heavy atom. The van der Waals surface area contributed by atoms with E-state index in [0.29, 0.717) is 6.04 Å². The second kappa shape index (κ2) is 4.97. The number of rotatable bonds is 4. The van der Waals surface area contributed by atoms with E-state index in [2.05, 4.69) is 37.9 Å². The van der Waals surface area contributed by atoms with Crippen molar-refractivity contribution in [1.29, 1.82) is 0 Å². The predicted molar refractivity (Wildman–Crippen MR) is 57.9 cm³/mol. The van der Waals surface area contributed by atoms with Gasteiger partial charge in [-0.25, -0.2) is 0 Å². The van der Waals surface area contributed by atoms with Gasteiger partial charge in [-0.3, -0.25) is 0 Å². The molecule has 1 aliphatic heterocycles. The standard InChI is InChI=1S/C11H24N2/c1-5-13(9(2)3)8-11-7-12-6-10(11)4/h9-12H,5-8H2,1-4H3/t10-,11+/m1/s1. The first kappa shape index (κ1) is 11.0. The first-order valence-corrected chi connectivity index (χ1v) is 5.59. The molecule has 1 saturated heterocycles. The predicted octanol–water partition coefficient (Wildman–Crippen LogP) is 1.57. The maximum Gasteiger partial charge on any atom is 0.00386 e. The molecule has 0 unspecified atom stereocenters. The van der Waals surface area contributed by atoms with Crippen molar-refractivity contribution < 1.29 is 0 Å². The van der Waals surface area contributed by atoms with Crippen molar-refractivity contribution in [2.75, 3.05) is 26.2 Å². The Bertz CT molecular complexity index is 145. The topological polar surface area (TPSA) is 15.3 Å². The van der Waals surface area contributed by atoms with Crippen molar-refractivity contribution in [1.82, 2.24) is 10.2 Å². The highest BCUT2D eigenvalue weighted by Crippen LogP contribution is 2.17. The molecule has 0 aromatic carbocycles. The maximum atomic E-state index is 3.46. The summed E-state index contributed by atoms with van der Waals surface area (Å²) in [7, 11) is 0. The van der Waals surface area contributed by atoms with E-state index >= 15 is 0 Å². The first-order valence-electron chi connectivity index (χ1n) is 5.59. The molecule has 0 aliphatic carbocycles. The van der Waals surface area contributed by atoms with E-state index in [0.717, 1.165) is 11.8 Å². The summed E-state index contributed by atoms with van der Waals surface area (Å²) in [6.45, 7) is 14.1. The van der Waals surface area contributed by atoms with Crippen LogP contribution in [0.3, 0.4) is 0 Å². The van der Waals surface area contributed by atoms with Crippen LogP contribution in [0.2, 0.25) is 0 Å². The Hall–Kier alpha value is -0.0800. The molecule has 0 bridgehead atoms. The molecule has 0 radical (unpaired) electrons. The SMILES string of the molecule is CCN(C[C@@H]1CNC[C@H]1C)C(C)C. The lowest BCUT2D eigenvalue weighted by molar-refractivity contribution is 0.187. The van der Waals surface area contributed by atoms with Crippen LogP contribution in [0.1, 0.15) is 27.7 Å². The van der Waals surface area contributed by atoms with Gasteiger partial charge in [-0.1, -0.05) is 13.8 Å². The van der Waals surface area contributed by atoms with Crippen molar-refractivity contribution in [2.24, 2.45) is 11.8 Å². The summed E-state index contributed by atoms with van der Waals surface area (Å²) in [6, 6.07) is 0.692. The van der Waals surface area contributed by atoms with Crippen LogP contribution in [0.5, 0.6) is 0 Å². The minimum Gasteiger partial charge on any atom is -0.316 e. The molecule has 2 atom stereocenters. The monoisotopic (exact) mass is 184 g/mol. The van der Waals surface area contributed by atoms with Crippen molar-refractivity contribution >= 4 is 0 Å². The van der Waals surface area contributed by atoms with E-state index in [1.165, 1.54) is 26.2 Å². The van der Waals surface area contributed by atoms with E-state index in [9.17, 15) is 0 Å². The molecule has 2 heteroatoms. The molecule has 1 aliphatic rings. The second-order valence-electron chi connectivity index (χ2n) is 4.58. The third-order valence-corrected chi connectivity index (χ3v) is 3.28. The van der Waals surface area contributed by atoms with Crippen LogP contribution >= 0.6 is 0 Å². The van der Waals surface area contributed by atoms with Crippen LogP contribution in [-0.2, 0) is 0 Å². The Kier molecular flexibility index (Phi) is 4.20. The molecule has 0 saturated carbocycles. The average Bonchev–Trinajstić information content (AvgIpc) is 2.46. The van der Waals surface area contributed by atoms with Crippen LogP contribution in [-0.4, -0.2) is 37.1 Å². The number of nitrogens with zero attached hydrogens (tertiary/aromatic N) is 1. The Morgan fingerprint density at radius 2 is 2.08 bits per heavy atom. The van der Waals surface area contributed by atoms with Gasteiger partial charge < -0.3 is 10.2 Å². The third-order valence-electron chi connectivity index (χ3n) is 3.28. The fourth-order valence-electron chi connectivity index (χ4n) is 2.12. The zero-order valence-electron chi connectivity index (χ0n) is 9.51. The molecule has 1 rings (SSSR count). The van der Waals surface area contributed by atoms with Gasteiger partial charge >= 0.3 is 0 Å². The van der Waals surface area contributed by atoms with Crippen LogP contribution in [0.25, 0.3) is 0 Å². The smallest absolute Gasteiger partial charge is 0.00386 e. The zero-order valence-corrected chi connectivity index (χ0v) is 9.51. The molecule has 1 N–H and O–H groups in total. The summed E-state index contributed by atoms with van der Waals surface area (Å²) in [4.78, 5) is 2.56. The molecule has 78 valence electrons. The molecule has 0 aromatic rings. The Labute approximate surface area is 82.7 Å². The Morgan fingerprint density at radius 3 is 2.46 bits per heavy atom. The van der Waals surface area contributed by atoms with Gasteiger partial charge in [0.15, 0.2) is 0 Å². The second-order valence-corrected chi connectivity index (χ2v) is 4.58. The highest BCUT2D eigenvalue weighted by molar-refractivity contribution is 4.81. The van der Waals surface area contributed by atoms with Gasteiger partial charge in [0.05, 0.1) is 0 Å². The van der Waals surface area contributed by atoms with Crippen LogP contribution in [0, 0.1) is 11.8 Å². The van der Waals surface area contributed by atoms with E-state index in [1.807, 2.05) is 0 Å². The van der Waals surface area contributed by atoms with Gasteiger partial charge in [-0.15, -0.1) is 0 Å². The van der Waals surface area contributed by atoms with Gasteiger partial charge in [0.1, 0.15) is 0 Å². The quantitative estimate of drug-likeness (QED) is 0.713. The molecule has 1 heterocycles. The Balaban J connectivity index is 2.36. The first-order chi connectivity index (χ1) is 6.15. The average molecular weight is 184 g/mol. The zero-order chi connectivity index (χ0) is 9.84. The normalized spacial score (nSPS) is 29.1. The largest absolute Gasteiger partial charge is 0.316 e. The van der Waals surface area contributed by atoms with Crippen LogP contribution in [0.4, 0.5) is 0 Å². The van der Waals surface area contributed by atoms with E-state index in [4.69, 9.17) is 0 Å². The van der Waals surface area contributed by atoms with E-state index in [1.54, 1.807) is 0 Å². The fraction of sp³-hybridized carbons (Fsp3) is 1.00. The number of nitrogens with one attached hydrogen (secondary N) is 1. The summed E-state index contributed by atoms with van der Waals surface area (Å²) < 4.78 is 0. The van der Waals surface area contributed by atoms with Gasteiger partial charge in [-0.2, -0.15) is 0 Å².